The summed E-state index contributed by atoms with van der Waals surface area (Å²) in [6.45, 7) is 5.25. The maximum atomic E-state index is 12.0. The van der Waals surface area contributed by atoms with Gasteiger partial charge in [-0.2, -0.15) is 0 Å². The largest absolute Gasteiger partial charge is 0.573 e. The van der Waals surface area contributed by atoms with Gasteiger partial charge in [0.1, 0.15) is 5.75 Å². The Kier molecular flexibility index (Phi) is 6.48. The topological polar surface area (TPSA) is 50.4 Å². The molecule has 7 heteroatoms. The molecule has 4 nitrogen and oxygen atoms in total. The summed E-state index contributed by atoms with van der Waals surface area (Å²) >= 11 is 0. The fourth-order valence-corrected chi connectivity index (χ4v) is 1.74. The van der Waals surface area contributed by atoms with Crippen LogP contribution in [0.3, 0.4) is 0 Å². The average Bonchev–Trinajstić information content (AvgIpc) is 2.37. The van der Waals surface area contributed by atoms with Crippen LogP contribution in [0.1, 0.15) is 19.4 Å². The molecule has 1 aromatic rings. The number of ether oxygens (including phenoxy) is 1. The number of hydrogen-bond acceptors (Lipinski definition) is 3. The number of carbonyl (C=O) groups is 1. The van der Waals surface area contributed by atoms with Crippen LogP contribution < -0.4 is 15.4 Å². The first-order chi connectivity index (χ1) is 9.80. The van der Waals surface area contributed by atoms with Crippen LogP contribution in [0.2, 0.25) is 0 Å². The van der Waals surface area contributed by atoms with E-state index < -0.39 is 6.36 Å². The molecule has 0 unspecified atom stereocenters. The van der Waals surface area contributed by atoms with Crippen molar-refractivity contribution in [2.45, 2.75) is 32.7 Å². The third kappa shape index (κ3) is 7.55. The van der Waals surface area contributed by atoms with E-state index in [1.165, 1.54) is 24.3 Å². The van der Waals surface area contributed by atoms with Gasteiger partial charge in [-0.05, 0) is 31.2 Å². The van der Waals surface area contributed by atoms with Gasteiger partial charge in [0.15, 0.2) is 0 Å². The Morgan fingerprint density at radius 3 is 2.43 bits per heavy atom. The van der Waals surface area contributed by atoms with Crippen LogP contribution in [0.25, 0.3) is 0 Å². The highest BCUT2D eigenvalue weighted by Crippen LogP contribution is 2.22. The minimum atomic E-state index is -4.71. The maximum Gasteiger partial charge on any atom is 0.573 e. The zero-order valence-corrected chi connectivity index (χ0v) is 12.0. The van der Waals surface area contributed by atoms with Crippen LogP contribution in [0.15, 0.2) is 24.3 Å². The zero-order valence-electron chi connectivity index (χ0n) is 12.0. The van der Waals surface area contributed by atoms with Crippen molar-refractivity contribution in [1.82, 2.24) is 10.6 Å². The number of hydrogen-bond donors (Lipinski definition) is 2. The molecule has 118 valence electrons. The Labute approximate surface area is 121 Å². The molecule has 1 aromatic carbocycles. The third-order valence-electron chi connectivity index (χ3n) is 2.68. The predicted molar refractivity (Wildman–Crippen MR) is 73.0 cm³/mol. The first kappa shape index (κ1) is 17.3. The molecule has 0 aliphatic carbocycles. The minimum absolute atomic E-state index is 0.116. The van der Waals surface area contributed by atoms with Crippen LogP contribution in [0.5, 0.6) is 5.75 Å². The predicted octanol–water partition coefficient (Wildman–Crippen LogP) is 2.24. The van der Waals surface area contributed by atoms with Crippen molar-refractivity contribution in [2.24, 2.45) is 0 Å². The Bertz CT molecular complexity index is 447. The molecule has 2 N–H and O–H groups in total. The molecule has 0 aliphatic rings. The molecule has 0 spiro atoms. The van der Waals surface area contributed by atoms with Crippen LogP contribution in [0.4, 0.5) is 13.2 Å². The Hall–Kier alpha value is -1.76. The van der Waals surface area contributed by atoms with Crippen LogP contribution in [-0.4, -0.2) is 31.4 Å². The summed E-state index contributed by atoms with van der Waals surface area (Å²) < 4.78 is 39.8. The van der Waals surface area contributed by atoms with Crippen LogP contribution in [-0.2, 0) is 11.2 Å². The number of rotatable bonds is 7. The second kappa shape index (κ2) is 7.87. The lowest BCUT2D eigenvalue weighted by molar-refractivity contribution is -0.274. The summed E-state index contributed by atoms with van der Waals surface area (Å²) in [6, 6.07) is 5.43. The number of nitrogens with one attached hydrogen (secondary N) is 2. The van der Waals surface area contributed by atoms with E-state index in [0.717, 1.165) is 6.54 Å². The van der Waals surface area contributed by atoms with E-state index in [2.05, 4.69) is 15.4 Å². The second-order valence-corrected chi connectivity index (χ2v) is 4.63. The highest BCUT2D eigenvalue weighted by Gasteiger charge is 2.30. The van der Waals surface area contributed by atoms with Gasteiger partial charge in [0.2, 0.25) is 5.91 Å². The van der Waals surface area contributed by atoms with Crippen molar-refractivity contribution < 1.29 is 22.7 Å². The van der Waals surface area contributed by atoms with Gasteiger partial charge < -0.3 is 15.4 Å². The molecule has 0 aliphatic heterocycles. The van der Waals surface area contributed by atoms with Crippen molar-refractivity contribution in [3.05, 3.63) is 29.8 Å². The van der Waals surface area contributed by atoms with Gasteiger partial charge in [0, 0.05) is 12.6 Å². The molecule has 0 fully saturated rings. The summed E-state index contributed by atoms with van der Waals surface area (Å²) in [5.74, 6) is -0.475. The van der Waals surface area contributed by atoms with Gasteiger partial charge in [-0.1, -0.05) is 19.1 Å². The van der Waals surface area contributed by atoms with E-state index in [0.29, 0.717) is 12.1 Å². The highest BCUT2D eigenvalue weighted by molar-refractivity contribution is 5.78. The molecule has 0 aromatic heterocycles. The van der Waals surface area contributed by atoms with E-state index in [1.807, 2.05) is 13.8 Å². The first-order valence-electron chi connectivity index (χ1n) is 6.65. The normalized spacial score (nSPS) is 12.8. The lowest BCUT2D eigenvalue weighted by Crippen LogP contribution is -2.39. The van der Waals surface area contributed by atoms with Gasteiger partial charge >= 0.3 is 6.36 Å². The summed E-state index contributed by atoms with van der Waals surface area (Å²) in [5, 5.41) is 5.91. The number of alkyl halides is 3. The van der Waals surface area contributed by atoms with Gasteiger partial charge in [-0.15, -0.1) is 13.2 Å². The molecular weight excluding hydrogens is 285 g/mol. The molecule has 1 amide bonds. The van der Waals surface area contributed by atoms with Crippen LogP contribution >= 0.6 is 0 Å². The fourth-order valence-electron chi connectivity index (χ4n) is 1.74. The number of benzene rings is 1. The summed E-state index contributed by atoms with van der Waals surface area (Å²) in [7, 11) is 0. The van der Waals surface area contributed by atoms with E-state index in [-0.39, 0.29) is 24.1 Å². The number of likely N-dealkylation sites (N-methyl/N-ethyl adjacent to an activating group) is 1. The molecule has 1 rings (SSSR count). The molecule has 0 bridgehead atoms. The summed E-state index contributed by atoms with van der Waals surface area (Å²) in [5.41, 5.74) is 0.623. The third-order valence-corrected chi connectivity index (χ3v) is 2.68. The smallest absolute Gasteiger partial charge is 0.406 e. The van der Waals surface area contributed by atoms with Crippen molar-refractivity contribution in [1.29, 1.82) is 0 Å². The number of amides is 1. The highest BCUT2D eigenvalue weighted by atomic mass is 19.4. The van der Waals surface area contributed by atoms with Crippen molar-refractivity contribution in [3.63, 3.8) is 0 Å². The van der Waals surface area contributed by atoms with Crippen molar-refractivity contribution >= 4 is 5.91 Å². The average molecular weight is 304 g/mol. The number of halogens is 3. The van der Waals surface area contributed by atoms with Gasteiger partial charge in [-0.3, -0.25) is 4.79 Å². The zero-order chi connectivity index (χ0) is 15.9. The van der Waals surface area contributed by atoms with Gasteiger partial charge in [0.05, 0.1) is 6.42 Å². The molecular formula is C14H19F3N2O2. The van der Waals surface area contributed by atoms with E-state index in [4.69, 9.17) is 0 Å². The second-order valence-electron chi connectivity index (χ2n) is 4.63. The lowest BCUT2D eigenvalue weighted by Gasteiger charge is -2.13. The molecule has 0 saturated heterocycles. The maximum absolute atomic E-state index is 12.0. The molecule has 0 heterocycles. The quantitative estimate of drug-likeness (QED) is 0.812. The molecule has 1 atom stereocenters. The monoisotopic (exact) mass is 304 g/mol. The van der Waals surface area contributed by atoms with E-state index >= 15 is 0 Å². The van der Waals surface area contributed by atoms with Gasteiger partial charge in [-0.25, -0.2) is 0 Å². The van der Waals surface area contributed by atoms with Crippen LogP contribution in [0, 0.1) is 0 Å². The van der Waals surface area contributed by atoms with Gasteiger partial charge in [0.25, 0.3) is 0 Å². The molecule has 21 heavy (non-hydrogen) atoms. The number of carbonyl (C=O) groups excluding carboxylic acids is 1. The van der Waals surface area contributed by atoms with Crippen molar-refractivity contribution in [3.8, 4) is 5.75 Å². The Balaban J connectivity index is 2.43. The summed E-state index contributed by atoms with van der Waals surface area (Å²) in [4.78, 5) is 11.7. The first-order valence-corrected chi connectivity index (χ1v) is 6.65. The van der Waals surface area contributed by atoms with E-state index in [9.17, 15) is 18.0 Å². The fraction of sp³-hybridized carbons (Fsp3) is 0.500. The lowest BCUT2D eigenvalue weighted by atomic mass is 10.1. The standard InChI is InChI=1S/C14H19F3N2O2/c1-3-18-10(2)9-19-13(20)8-11-4-6-12(7-5-11)21-14(15,16)17/h4-7,10,18H,3,8-9H2,1-2H3,(H,19,20)/t10-/m1/s1. The molecule has 0 radical (unpaired) electrons. The molecule has 0 saturated carbocycles. The SMILES string of the molecule is CCN[C@H](C)CNC(=O)Cc1ccc(OC(F)(F)F)cc1. The summed E-state index contributed by atoms with van der Waals surface area (Å²) in [6.07, 6.45) is -4.59. The Morgan fingerprint density at radius 2 is 1.90 bits per heavy atom. The Morgan fingerprint density at radius 1 is 1.29 bits per heavy atom. The minimum Gasteiger partial charge on any atom is -0.406 e. The van der Waals surface area contributed by atoms with E-state index in [1.54, 1.807) is 0 Å². The van der Waals surface area contributed by atoms with Crippen molar-refractivity contribution in [2.75, 3.05) is 13.1 Å².